The van der Waals surface area contributed by atoms with Gasteiger partial charge >= 0.3 is 18.0 Å². The van der Waals surface area contributed by atoms with Gasteiger partial charge in [-0.15, -0.1) is 0 Å². The van der Waals surface area contributed by atoms with Crippen LogP contribution in [0.15, 0.2) is 73.1 Å². The van der Waals surface area contributed by atoms with Crippen molar-refractivity contribution in [2.45, 2.75) is 44.8 Å². The van der Waals surface area contributed by atoms with Crippen LogP contribution in [0, 0.1) is 0 Å². The fourth-order valence-corrected chi connectivity index (χ4v) is 5.69. The Morgan fingerprint density at radius 1 is 0.872 bits per heavy atom. The number of ether oxygens (including phenoxy) is 2. The van der Waals surface area contributed by atoms with Crippen LogP contribution in [0.5, 0.6) is 0 Å². The van der Waals surface area contributed by atoms with E-state index in [4.69, 9.17) is 19.1 Å². The summed E-state index contributed by atoms with van der Waals surface area (Å²) in [6.45, 7) is 1.64. The number of amides is 2. The molecule has 7 rings (SSSR count). The predicted octanol–water partition coefficient (Wildman–Crippen LogP) is 3.17. The quantitative estimate of drug-likeness (QED) is 0.155. The van der Waals surface area contributed by atoms with E-state index in [1.807, 2.05) is 60.7 Å². The van der Waals surface area contributed by atoms with E-state index >= 15 is 0 Å². The van der Waals surface area contributed by atoms with Crippen LogP contribution in [0.3, 0.4) is 0 Å². The van der Waals surface area contributed by atoms with Gasteiger partial charge in [0.15, 0.2) is 6.04 Å². The van der Waals surface area contributed by atoms with Gasteiger partial charge in [0.2, 0.25) is 0 Å². The number of benzene rings is 2. The first-order valence-corrected chi connectivity index (χ1v) is 14.6. The van der Waals surface area contributed by atoms with E-state index in [0.29, 0.717) is 31.1 Å². The van der Waals surface area contributed by atoms with Gasteiger partial charge < -0.3 is 14.4 Å². The Hall–Kier alpha value is -5.09. The molecule has 0 spiro atoms. The minimum Gasteiger partial charge on any atom is -0.468 e. The monoisotopic (exact) mass is 646 g/mol. The van der Waals surface area contributed by atoms with Crippen LogP contribution in [-0.2, 0) is 42.0 Å². The van der Waals surface area contributed by atoms with E-state index in [-0.39, 0.29) is 38.1 Å². The molecule has 2 amide bonds. The number of rotatable bonds is 9. The second-order valence-electron chi connectivity index (χ2n) is 10.7. The van der Waals surface area contributed by atoms with Crippen molar-refractivity contribution in [3.8, 4) is 0 Å². The Labute approximate surface area is 271 Å². The Morgan fingerprint density at radius 2 is 1.49 bits per heavy atom. The zero-order valence-corrected chi connectivity index (χ0v) is 25.2. The van der Waals surface area contributed by atoms with Crippen molar-refractivity contribution >= 4 is 18.0 Å². The van der Waals surface area contributed by atoms with Crippen molar-refractivity contribution in [1.29, 1.82) is 0 Å². The standard InChI is InChI=1S/C16H16N4O4.C15H18N4O3.CH4/c1-23-15(21)14-13-11(7-17-18-13)12-8-19(14)16(22)20(12)24-9-10-5-3-2-4-6-10;1-21-15(20)14-13-11(7-17-18-13)12(8-16-14)19-22-9-10-5-3-2-4-6-10;/h2-7,12,14H,8-9H2,1H3,(H,17,18);2-7,12,14,16,19H,8-9H2,1H3,(H,17,18);1H4/t12-,14-;;/m0../s1. The van der Waals surface area contributed by atoms with E-state index in [1.165, 1.54) is 24.2 Å². The SMILES string of the molecule is C.COC(=O)C1NCC(NOCc2ccccc2)c2cn[nH]c21.COC(=O)[C@@H]1c2[nH]ncc2[C@@H]2CN1C(=O)N2OCc1ccccc1. The van der Waals surface area contributed by atoms with Gasteiger partial charge in [0, 0.05) is 17.7 Å². The molecule has 248 valence electrons. The molecule has 5 heterocycles. The van der Waals surface area contributed by atoms with Gasteiger partial charge in [-0.1, -0.05) is 68.1 Å². The minimum atomic E-state index is -0.818. The number of urea groups is 1. The number of nitrogens with one attached hydrogen (secondary N) is 4. The molecule has 47 heavy (non-hydrogen) atoms. The van der Waals surface area contributed by atoms with E-state index in [9.17, 15) is 14.4 Å². The summed E-state index contributed by atoms with van der Waals surface area (Å²) in [5, 5.41) is 18.1. The molecule has 2 unspecified atom stereocenters. The maximum Gasteiger partial charge on any atom is 0.345 e. The van der Waals surface area contributed by atoms with Crippen molar-refractivity contribution in [2.75, 3.05) is 27.3 Å². The number of fused-ring (bicyclic) bond motifs is 5. The van der Waals surface area contributed by atoms with Gasteiger partial charge in [-0.05, 0) is 11.1 Å². The lowest BCUT2D eigenvalue weighted by atomic mass is 9.98. The number of hydrogen-bond acceptors (Lipinski definition) is 11. The fourth-order valence-electron chi connectivity index (χ4n) is 5.69. The maximum atomic E-state index is 12.7. The lowest BCUT2D eigenvalue weighted by molar-refractivity contribution is -0.146. The highest BCUT2D eigenvalue weighted by Crippen LogP contribution is 2.43. The normalized spacial score (nSPS) is 20.7. The minimum absolute atomic E-state index is 0. The van der Waals surface area contributed by atoms with Gasteiger partial charge in [0.1, 0.15) is 18.7 Å². The number of hydroxylamine groups is 3. The summed E-state index contributed by atoms with van der Waals surface area (Å²) in [6.07, 6.45) is 3.33. The van der Waals surface area contributed by atoms with Crippen LogP contribution in [0.25, 0.3) is 0 Å². The number of hydrogen-bond donors (Lipinski definition) is 4. The molecule has 4 N–H and O–H groups in total. The second-order valence-corrected chi connectivity index (χ2v) is 10.7. The molecule has 1 saturated heterocycles. The molecule has 1 fully saturated rings. The molecule has 4 atom stereocenters. The highest BCUT2D eigenvalue weighted by molar-refractivity contribution is 5.87. The summed E-state index contributed by atoms with van der Waals surface area (Å²) in [4.78, 5) is 49.3. The van der Waals surface area contributed by atoms with Crippen LogP contribution in [0.4, 0.5) is 4.79 Å². The third-order valence-corrected chi connectivity index (χ3v) is 8.00. The zero-order chi connectivity index (χ0) is 32.0. The Kier molecular flexibility index (Phi) is 10.6. The lowest BCUT2D eigenvalue weighted by Gasteiger charge is -2.28. The summed E-state index contributed by atoms with van der Waals surface area (Å²) in [5.74, 6) is -0.841. The van der Waals surface area contributed by atoms with Crippen LogP contribution in [0.2, 0.25) is 0 Å². The first kappa shape index (κ1) is 33.3. The summed E-state index contributed by atoms with van der Waals surface area (Å²) < 4.78 is 9.63. The number of esters is 2. The van der Waals surface area contributed by atoms with Gasteiger partial charge in [0.25, 0.3) is 0 Å². The van der Waals surface area contributed by atoms with Crippen LogP contribution < -0.4 is 10.8 Å². The van der Waals surface area contributed by atoms with E-state index in [2.05, 4.69) is 31.2 Å². The Bertz CT molecular complexity index is 1650. The number of methoxy groups -OCH3 is 2. The van der Waals surface area contributed by atoms with E-state index in [0.717, 1.165) is 22.3 Å². The van der Waals surface area contributed by atoms with E-state index in [1.54, 1.807) is 12.4 Å². The third-order valence-electron chi connectivity index (χ3n) is 8.00. The highest BCUT2D eigenvalue weighted by atomic mass is 16.7. The number of carbonyl (C=O) groups is 3. The molecule has 15 nitrogen and oxygen atoms in total. The van der Waals surface area contributed by atoms with Gasteiger partial charge in [0.05, 0.1) is 57.2 Å². The first-order valence-electron chi connectivity index (χ1n) is 14.6. The third kappa shape index (κ3) is 6.88. The van der Waals surface area contributed by atoms with E-state index < -0.39 is 18.1 Å². The molecule has 0 radical (unpaired) electrons. The van der Waals surface area contributed by atoms with Crippen molar-refractivity contribution in [2.24, 2.45) is 0 Å². The maximum absolute atomic E-state index is 12.7. The van der Waals surface area contributed by atoms with Crippen molar-refractivity contribution in [3.63, 3.8) is 0 Å². The molecule has 4 aromatic rings. The number of H-pyrrole nitrogens is 2. The lowest BCUT2D eigenvalue weighted by Crippen LogP contribution is -2.42. The predicted molar refractivity (Wildman–Crippen MR) is 166 cm³/mol. The Morgan fingerprint density at radius 3 is 2.15 bits per heavy atom. The second kappa shape index (κ2) is 15.0. The average molecular weight is 647 g/mol. The number of aromatic nitrogens is 4. The molecule has 2 bridgehead atoms. The number of nitrogens with zero attached hydrogens (tertiary/aromatic N) is 4. The number of aromatic amines is 2. The molecule has 15 heteroatoms. The summed E-state index contributed by atoms with van der Waals surface area (Å²) >= 11 is 0. The molecule has 2 aromatic carbocycles. The average Bonchev–Trinajstić information content (AvgIpc) is 3.85. The molecular formula is C32H38N8O7. The molecule has 0 saturated carbocycles. The molecule has 2 aromatic heterocycles. The largest absolute Gasteiger partial charge is 0.468 e. The Balaban J connectivity index is 0.000000181. The van der Waals surface area contributed by atoms with Gasteiger partial charge in [-0.2, -0.15) is 20.7 Å². The molecular weight excluding hydrogens is 608 g/mol. The zero-order valence-electron chi connectivity index (χ0n) is 25.2. The van der Waals surface area contributed by atoms with Crippen LogP contribution >= 0.6 is 0 Å². The highest BCUT2D eigenvalue weighted by Gasteiger charge is 2.52. The fraction of sp³-hybridized carbons (Fsp3) is 0.344. The van der Waals surface area contributed by atoms with Crippen LogP contribution in [-0.4, -0.2) is 75.6 Å². The smallest absolute Gasteiger partial charge is 0.345 e. The summed E-state index contributed by atoms with van der Waals surface area (Å²) in [7, 11) is 2.67. The van der Waals surface area contributed by atoms with Crippen molar-refractivity contribution in [3.05, 3.63) is 107 Å². The first-order chi connectivity index (χ1) is 22.5. The number of carbonyl (C=O) groups excluding carboxylic acids is 3. The topological polar surface area (TPSA) is 176 Å². The van der Waals surface area contributed by atoms with Crippen LogP contribution in [0.1, 0.15) is 65.2 Å². The summed E-state index contributed by atoms with van der Waals surface area (Å²) in [6, 6.07) is 17.4. The van der Waals surface area contributed by atoms with Crippen molar-refractivity contribution in [1.82, 2.24) is 41.2 Å². The van der Waals surface area contributed by atoms with Gasteiger partial charge in [-0.3, -0.25) is 25.2 Å². The molecule has 3 aliphatic heterocycles. The molecule has 3 aliphatic rings. The van der Waals surface area contributed by atoms with Crippen molar-refractivity contribution < 1.29 is 33.5 Å². The van der Waals surface area contributed by atoms with Gasteiger partial charge in [-0.25, -0.2) is 14.4 Å². The molecule has 0 aliphatic carbocycles. The summed E-state index contributed by atoms with van der Waals surface area (Å²) in [5.41, 5.74) is 8.03.